The van der Waals surface area contributed by atoms with Crippen molar-refractivity contribution in [3.63, 3.8) is 0 Å². The van der Waals surface area contributed by atoms with Crippen LogP contribution in [-0.4, -0.2) is 49.1 Å². The van der Waals surface area contributed by atoms with E-state index in [9.17, 15) is 4.79 Å². The van der Waals surface area contributed by atoms with Crippen molar-refractivity contribution in [1.29, 1.82) is 0 Å². The molecule has 1 fully saturated rings. The molecular weight excluding hydrogens is 467 g/mol. The van der Waals surface area contributed by atoms with Gasteiger partial charge in [0.2, 0.25) is 5.91 Å². The number of halogens is 2. The predicted molar refractivity (Wildman–Crippen MR) is 144 cm³/mol. The van der Waals surface area contributed by atoms with Gasteiger partial charge in [-0.25, -0.2) is 0 Å². The first-order valence-corrected chi connectivity index (χ1v) is 13.0. The van der Waals surface area contributed by atoms with Crippen LogP contribution in [0.5, 0.6) is 0 Å². The summed E-state index contributed by atoms with van der Waals surface area (Å²) in [6, 6.07) is 13.7. The minimum absolute atomic E-state index is 0.0135. The van der Waals surface area contributed by atoms with Crippen molar-refractivity contribution in [2.45, 2.75) is 58.7 Å². The molecular formula is C27H38Cl2N4O. The zero-order valence-corrected chi connectivity index (χ0v) is 22.2. The molecule has 1 aliphatic rings. The van der Waals surface area contributed by atoms with Crippen molar-refractivity contribution in [3.05, 3.63) is 63.6 Å². The summed E-state index contributed by atoms with van der Waals surface area (Å²) < 4.78 is 0. The Morgan fingerprint density at radius 3 is 2.32 bits per heavy atom. The highest BCUT2D eigenvalue weighted by Crippen LogP contribution is 2.30. The standard InChI is InChI=1S/C27H38Cl2N4O/c1-18(2)15-24(30)22-7-5-6-8-26(22)32-11-13-33(14-12-32)27(34)25(31-19(3)4)16-20-9-10-21(28)17-23(20)29/h5-10,17-19,24-25,31H,11-16,30H2,1-4H3/t24?,25-/m1/s1. The molecule has 1 heterocycles. The number of benzene rings is 2. The van der Waals surface area contributed by atoms with Crippen molar-refractivity contribution in [1.82, 2.24) is 10.2 Å². The van der Waals surface area contributed by atoms with Crippen LogP contribution in [0.4, 0.5) is 5.69 Å². The van der Waals surface area contributed by atoms with Gasteiger partial charge in [-0.2, -0.15) is 0 Å². The van der Waals surface area contributed by atoms with Crippen molar-refractivity contribution in [2.75, 3.05) is 31.1 Å². The number of piperazine rings is 1. The second-order valence-corrected chi connectivity index (χ2v) is 10.8. The van der Waals surface area contributed by atoms with Crippen molar-refractivity contribution >= 4 is 34.8 Å². The third-order valence-corrected chi connectivity index (χ3v) is 6.85. The maximum atomic E-state index is 13.5. The number of carbonyl (C=O) groups excluding carboxylic acids is 1. The normalized spacial score (nSPS) is 16.3. The molecule has 3 N–H and O–H groups in total. The van der Waals surface area contributed by atoms with E-state index in [1.54, 1.807) is 6.07 Å². The van der Waals surface area contributed by atoms with Crippen LogP contribution in [0.2, 0.25) is 10.0 Å². The summed E-state index contributed by atoms with van der Waals surface area (Å²) in [7, 11) is 0. The first-order valence-electron chi connectivity index (χ1n) is 12.2. The van der Waals surface area contributed by atoms with Gasteiger partial charge in [0.1, 0.15) is 0 Å². The first kappa shape index (κ1) is 26.8. The zero-order valence-electron chi connectivity index (χ0n) is 20.7. The highest BCUT2D eigenvalue weighted by molar-refractivity contribution is 6.35. The fraction of sp³-hybridized carbons (Fsp3) is 0.519. The number of amides is 1. The lowest BCUT2D eigenvalue weighted by Crippen LogP contribution is -2.55. The lowest BCUT2D eigenvalue weighted by molar-refractivity contribution is -0.133. The molecule has 34 heavy (non-hydrogen) atoms. The van der Waals surface area contributed by atoms with E-state index in [4.69, 9.17) is 28.9 Å². The monoisotopic (exact) mass is 504 g/mol. The number of nitrogens with two attached hydrogens (primary N) is 1. The van der Waals surface area contributed by atoms with Crippen LogP contribution in [0.1, 0.15) is 51.3 Å². The van der Waals surface area contributed by atoms with E-state index in [-0.39, 0.29) is 24.0 Å². The van der Waals surface area contributed by atoms with Gasteiger partial charge >= 0.3 is 0 Å². The molecule has 0 aromatic heterocycles. The van der Waals surface area contributed by atoms with Crippen molar-refractivity contribution < 1.29 is 4.79 Å². The van der Waals surface area contributed by atoms with Crippen LogP contribution >= 0.6 is 23.2 Å². The number of hydrogen-bond donors (Lipinski definition) is 2. The second-order valence-electron chi connectivity index (χ2n) is 9.92. The fourth-order valence-corrected chi connectivity index (χ4v) is 5.12. The van der Waals surface area contributed by atoms with Gasteiger partial charge in [-0.05, 0) is 48.1 Å². The predicted octanol–water partition coefficient (Wildman–Crippen LogP) is 5.30. The Hall–Kier alpha value is -1.79. The van der Waals surface area contributed by atoms with Gasteiger partial charge in [0.25, 0.3) is 0 Å². The lowest BCUT2D eigenvalue weighted by Gasteiger charge is -2.39. The maximum absolute atomic E-state index is 13.5. The molecule has 0 radical (unpaired) electrons. The van der Waals surface area contributed by atoms with E-state index in [0.29, 0.717) is 35.5 Å². The van der Waals surface area contributed by atoms with E-state index in [1.165, 1.54) is 11.3 Å². The molecule has 0 spiro atoms. The molecule has 2 aromatic rings. The van der Waals surface area contributed by atoms with Crippen molar-refractivity contribution in [3.8, 4) is 0 Å². The largest absolute Gasteiger partial charge is 0.368 e. The zero-order chi connectivity index (χ0) is 24.8. The Labute approximate surface area is 214 Å². The van der Waals surface area contributed by atoms with Crippen LogP contribution in [0.15, 0.2) is 42.5 Å². The molecule has 5 nitrogen and oxygen atoms in total. The van der Waals surface area contributed by atoms with Gasteiger partial charge in [0, 0.05) is 54.0 Å². The van der Waals surface area contributed by atoms with Crippen LogP contribution in [0, 0.1) is 5.92 Å². The number of para-hydroxylation sites is 1. The fourth-order valence-electron chi connectivity index (χ4n) is 4.64. The van der Waals surface area contributed by atoms with Crippen LogP contribution in [-0.2, 0) is 11.2 Å². The first-order chi connectivity index (χ1) is 16.2. The Morgan fingerprint density at radius 2 is 1.71 bits per heavy atom. The molecule has 0 aliphatic carbocycles. The SMILES string of the molecule is CC(C)CC(N)c1ccccc1N1CCN(C(=O)[C@@H](Cc2ccc(Cl)cc2Cl)NC(C)C)CC1. The number of nitrogens with zero attached hydrogens (tertiary/aromatic N) is 2. The third-order valence-electron chi connectivity index (χ3n) is 6.27. The molecule has 1 saturated heterocycles. The third kappa shape index (κ3) is 7.11. The molecule has 3 rings (SSSR count). The molecule has 0 saturated carbocycles. The van der Waals surface area contributed by atoms with Gasteiger partial charge in [0.15, 0.2) is 0 Å². The highest BCUT2D eigenvalue weighted by Gasteiger charge is 2.29. The summed E-state index contributed by atoms with van der Waals surface area (Å²) >= 11 is 12.5. The van der Waals surface area contributed by atoms with Gasteiger partial charge in [-0.1, -0.05) is 75.2 Å². The Morgan fingerprint density at radius 1 is 1.03 bits per heavy atom. The average molecular weight is 506 g/mol. The molecule has 2 aromatic carbocycles. The number of hydrogen-bond acceptors (Lipinski definition) is 4. The minimum atomic E-state index is -0.336. The molecule has 1 amide bonds. The van der Waals surface area contributed by atoms with Crippen LogP contribution in [0.3, 0.4) is 0 Å². The molecule has 2 atom stereocenters. The van der Waals surface area contributed by atoms with Crippen molar-refractivity contribution in [2.24, 2.45) is 11.7 Å². The summed E-state index contributed by atoms with van der Waals surface area (Å²) in [5.41, 5.74) is 9.84. The summed E-state index contributed by atoms with van der Waals surface area (Å²) in [6.07, 6.45) is 1.48. The number of rotatable bonds is 9. The van der Waals surface area contributed by atoms with Crippen LogP contribution < -0.4 is 16.0 Å². The summed E-state index contributed by atoms with van der Waals surface area (Å²) in [5, 5.41) is 4.63. The van der Waals surface area contributed by atoms with Crippen LogP contribution in [0.25, 0.3) is 0 Å². The average Bonchev–Trinajstić information content (AvgIpc) is 2.79. The van der Waals surface area contributed by atoms with Gasteiger partial charge in [-0.15, -0.1) is 0 Å². The summed E-state index contributed by atoms with van der Waals surface area (Å²) in [4.78, 5) is 17.8. The highest BCUT2D eigenvalue weighted by atomic mass is 35.5. The summed E-state index contributed by atoms with van der Waals surface area (Å²) in [5.74, 6) is 0.654. The number of anilines is 1. The van der Waals surface area contributed by atoms with Gasteiger partial charge in [-0.3, -0.25) is 4.79 Å². The van der Waals surface area contributed by atoms with E-state index in [0.717, 1.165) is 25.1 Å². The smallest absolute Gasteiger partial charge is 0.240 e. The lowest BCUT2D eigenvalue weighted by atomic mass is 9.96. The second kappa shape index (κ2) is 12.3. The maximum Gasteiger partial charge on any atom is 0.240 e. The summed E-state index contributed by atoms with van der Waals surface area (Å²) in [6.45, 7) is 11.4. The van der Waals surface area contributed by atoms with E-state index >= 15 is 0 Å². The number of carbonyl (C=O) groups is 1. The Balaban J connectivity index is 1.69. The van der Waals surface area contributed by atoms with E-state index in [2.05, 4.69) is 62.2 Å². The minimum Gasteiger partial charge on any atom is -0.368 e. The number of nitrogens with one attached hydrogen (secondary N) is 1. The molecule has 186 valence electrons. The molecule has 7 heteroatoms. The van der Waals surface area contributed by atoms with Gasteiger partial charge in [0.05, 0.1) is 6.04 Å². The molecule has 0 bridgehead atoms. The van der Waals surface area contributed by atoms with E-state index < -0.39 is 0 Å². The molecule has 1 unspecified atom stereocenters. The topological polar surface area (TPSA) is 61.6 Å². The van der Waals surface area contributed by atoms with E-state index in [1.807, 2.05) is 17.0 Å². The Bertz CT molecular complexity index is 957. The van der Waals surface area contributed by atoms with Gasteiger partial charge < -0.3 is 20.9 Å². The molecule has 1 aliphatic heterocycles. The Kier molecular flexibility index (Phi) is 9.66. The quantitative estimate of drug-likeness (QED) is 0.486.